The van der Waals surface area contributed by atoms with Crippen LogP contribution in [0, 0.1) is 5.41 Å². The SMILES string of the molecule is CC(N)Cc1ccc(N(C)C2CCC(C)(C)CC2)cc1Cl. The van der Waals surface area contributed by atoms with E-state index >= 15 is 0 Å². The van der Waals surface area contributed by atoms with Crippen molar-refractivity contribution in [2.24, 2.45) is 11.1 Å². The summed E-state index contributed by atoms with van der Waals surface area (Å²) in [6.07, 6.45) is 5.98. The van der Waals surface area contributed by atoms with E-state index < -0.39 is 0 Å². The second kappa shape index (κ2) is 6.58. The first-order valence-corrected chi connectivity index (χ1v) is 8.43. The van der Waals surface area contributed by atoms with Crippen molar-refractivity contribution in [1.29, 1.82) is 0 Å². The van der Waals surface area contributed by atoms with E-state index in [1.165, 1.54) is 31.4 Å². The molecule has 1 aromatic carbocycles. The number of halogens is 1. The Hall–Kier alpha value is -0.730. The molecule has 1 unspecified atom stereocenters. The molecule has 118 valence electrons. The van der Waals surface area contributed by atoms with Gasteiger partial charge in [0.1, 0.15) is 0 Å². The van der Waals surface area contributed by atoms with E-state index in [-0.39, 0.29) is 6.04 Å². The van der Waals surface area contributed by atoms with Gasteiger partial charge in [-0.1, -0.05) is 31.5 Å². The third-order valence-corrected chi connectivity index (χ3v) is 5.19. The van der Waals surface area contributed by atoms with Crippen molar-refractivity contribution in [2.75, 3.05) is 11.9 Å². The zero-order valence-electron chi connectivity index (χ0n) is 13.8. The van der Waals surface area contributed by atoms with E-state index in [1.807, 2.05) is 6.92 Å². The first-order chi connectivity index (χ1) is 9.78. The lowest BCUT2D eigenvalue weighted by Gasteiger charge is -2.39. The molecule has 2 rings (SSSR count). The Morgan fingerprint density at radius 2 is 1.95 bits per heavy atom. The van der Waals surface area contributed by atoms with E-state index in [2.05, 4.69) is 44.0 Å². The zero-order chi connectivity index (χ0) is 15.6. The number of anilines is 1. The molecule has 1 aromatic rings. The Balaban J connectivity index is 2.06. The second-order valence-corrected chi connectivity index (χ2v) is 7.87. The highest BCUT2D eigenvalue weighted by Gasteiger charge is 2.29. The highest BCUT2D eigenvalue weighted by molar-refractivity contribution is 6.31. The fraction of sp³-hybridized carbons (Fsp3) is 0.667. The van der Waals surface area contributed by atoms with Gasteiger partial charge in [0.25, 0.3) is 0 Å². The Bertz CT molecular complexity index is 472. The molecule has 0 saturated heterocycles. The van der Waals surface area contributed by atoms with Gasteiger partial charge in [0.2, 0.25) is 0 Å². The maximum Gasteiger partial charge on any atom is 0.0459 e. The van der Waals surface area contributed by atoms with Crippen LogP contribution in [0.5, 0.6) is 0 Å². The standard InChI is InChI=1S/C18H29ClN2/c1-13(20)11-14-5-6-16(12-17(14)19)21(4)15-7-9-18(2,3)10-8-15/h5-6,12-13,15H,7-11,20H2,1-4H3. The van der Waals surface area contributed by atoms with E-state index in [1.54, 1.807) is 0 Å². The van der Waals surface area contributed by atoms with Crippen molar-refractivity contribution >= 4 is 17.3 Å². The van der Waals surface area contributed by atoms with Crippen molar-refractivity contribution in [3.05, 3.63) is 28.8 Å². The normalized spacial score (nSPS) is 20.3. The summed E-state index contributed by atoms with van der Waals surface area (Å²) in [7, 11) is 2.19. The van der Waals surface area contributed by atoms with Gasteiger partial charge in [0, 0.05) is 29.8 Å². The lowest BCUT2D eigenvalue weighted by Crippen LogP contribution is -2.37. The predicted molar refractivity (Wildman–Crippen MR) is 93.2 cm³/mol. The number of nitrogens with two attached hydrogens (primary N) is 1. The topological polar surface area (TPSA) is 29.3 Å². The lowest BCUT2D eigenvalue weighted by molar-refractivity contribution is 0.222. The Morgan fingerprint density at radius 1 is 1.33 bits per heavy atom. The van der Waals surface area contributed by atoms with Crippen LogP contribution >= 0.6 is 11.6 Å². The largest absolute Gasteiger partial charge is 0.372 e. The third-order valence-electron chi connectivity index (χ3n) is 4.84. The van der Waals surface area contributed by atoms with Gasteiger partial charge in [-0.2, -0.15) is 0 Å². The van der Waals surface area contributed by atoms with E-state index in [0.29, 0.717) is 11.5 Å². The third kappa shape index (κ3) is 4.37. The Morgan fingerprint density at radius 3 is 2.48 bits per heavy atom. The number of hydrogen-bond acceptors (Lipinski definition) is 2. The number of hydrogen-bond donors (Lipinski definition) is 1. The van der Waals surface area contributed by atoms with Crippen molar-refractivity contribution in [3.63, 3.8) is 0 Å². The van der Waals surface area contributed by atoms with Crippen molar-refractivity contribution in [2.45, 2.75) is 65.0 Å². The highest BCUT2D eigenvalue weighted by atomic mass is 35.5. The fourth-order valence-corrected chi connectivity index (χ4v) is 3.50. The molecule has 0 amide bonds. The fourth-order valence-electron chi connectivity index (χ4n) is 3.25. The molecule has 1 aliphatic carbocycles. The summed E-state index contributed by atoms with van der Waals surface area (Å²) >= 11 is 6.42. The molecule has 1 atom stereocenters. The molecule has 0 bridgehead atoms. The van der Waals surface area contributed by atoms with Gasteiger partial charge < -0.3 is 10.6 Å². The minimum Gasteiger partial charge on any atom is -0.372 e. The van der Waals surface area contributed by atoms with Gasteiger partial charge in [0.15, 0.2) is 0 Å². The first-order valence-electron chi connectivity index (χ1n) is 8.05. The smallest absolute Gasteiger partial charge is 0.0459 e. The molecule has 0 aliphatic heterocycles. The van der Waals surface area contributed by atoms with Crippen molar-refractivity contribution < 1.29 is 0 Å². The molecule has 0 aromatic heterocycles. The number of benzene rings is 1. The maximum absolute atomic E-state index is 6.42. The molecular weight excluding hydrogens is 280 g/mol. The first kappa shape index (κ1) is 16.6. The van der Waals surface area contributed by atoms with Crippen LogP contribution in [0.15, 0.2) is 18.2 Å². The van der Waals surface area contributed by atoms with Crippen LogP contribution in [0.3, 0.4) is 0 Å². The minimum atomic E-state index is 0.145. The van der Waals surface area contributed by atoms with Gasteiger partial charge in [-0.3, -0.25) is 0 Å². The van der Waals surface area contributed by atoms with E-state index in [0.717, 1.165) is 17.0 Å². The average molecular weight is 309 g/mol. The molecule has 1 aliphatic rings. The summed E-state index contributed by atoms with van der Waals surface area (Å²) in [6.45, 7) is 6.77. The van der Waals surface area contributed by atoms with E-state index in [9.17, 15) is 0 Å². The molecule has 0 heterocycles. The Kier molecular flexibility index (Phi) is 5.21. The van der Waals surface area contributed by atoms with Gasteiger partial charge in [-0.25, -0.2) is 0 Å². The number of nitrogens with zero attached hydrogens (tertiary/aromatic N) is 1. The molecule has 1 saturated carbocycles. The number of rotatable bonds is 4. The molecule has 1 fully saturated rings. The highest BCUT2D eigenvalue weighted by Crippen LogP contribution is 2.38. The molecule has 0 spiro atoms. The minimum absolute atomic E-state index is 0.145. The summed E-state index contributed by atoms with van der Waals surface area (Å²) in [6, 6.07) is 7.19. The molecular formula is C18H29ClN2. The summed E-state index contributed by atoms with van der Waals surface area (Å²) in [5, 5.41) is 0.841. The van der Waals surface area contributed by atoms with Crippen molar-refractivity contribution in [3.8, 4) is 0 Å². The molecule has 0 radical (unpaired) electrons. The molecule has 3 heteroatoms. The Labute approximate surface area is 134 Å². The van der Waals surface area contributed by atoms with Crippen LogP contribution in [-0.4, -0.2) is 19.1 Å². The average Bonchev–Trinajstić information content (AvgIpc) is 2.40. The lowest BCUT2D eigenvalue weighted by atomic mass is 9.75. The zero-order valence-corrected chi connectivity index (χ0v) is 14.6. The summed E-state index contributed by atoms with van der Waals surface area (Å²) in [5.74, 6) is 0. The quantitative estimate of drug-likeness (QED) is 0.878. The predicted octanol–water partition coefficient (Wildman–Crippen LogP) is 4.63. The van der Waals surface area contributed by atoms with Crippen LogP contribution in [0.1, 0.15) is 52.0 Å². The molecule has 2 N–H and O–H groups in total. The van der Waals surface area contributed by atoms with Crippen molar-refractivity contribution in [1.82, 2.24) is 0 Å². The van der Waals surface area contributed by atoms with Crippen LogP contribution < -0.4 is 10.6 Å². The van der Waals surface area contributed by atoms with Gasteiger partial charge in [-0.05, 0) is 62.1 Å². The molecule has 21 heavy (non-hydrogen) atoms. The van der Waals surface area contributed by atoms with Gasteiger partial charge in [-0.15, -0.1) is 0 Å². The van der Waals surface area contributed by atoms with Crippen LogP contribution in [0.2, 0.25) is 5.02 Å². The summed E-state index contributed by atoms with van der Waals surface area (Å²) in [5.41, 5.74) is 8.74. The van der Waals surface area contributed by atoms with Crippen LogP contribution in [0.4, 0.5) is 5.69 Å². The molecule has 2 nitrogen and oxygen atoms in total. The summed E-state index contributed by atoms with van der Waals surface area (Å²) in [4.78, 5) is 2.40. The van der Waals surface area contributed by atoms with E-state index in [4.69, 9.17) is 17.3 Å². The summed E-state index contributed by atoms with van der Waals surface area (Å²) < 4.78 is 0. The maximum atomic E-state index is 6.42. The van der Waals surface area contributed by atoms with Crippen LogP contribution in [0.25, 0.3) is 0 Å². The van der Waals surface area contributed by atoms with Gasteiger partial charge >= 0.3 is 0 Å². The van der Waals surface area contributed by atoms with Gasteiger partial charge in [0.05, 0.1) is 0 Å². The monoisotopic (exact) mass is 308 g/mol. The second-order valence-electron chi connectivity index (χ2n) is 7.46. The van der Waals surface area contributed by atoms with Crippen LogP contribution in [-0.2, 0) is 6.42 Å².